The predicted octanol–water partition coefficient (Wildman–Crippen LogP) is 4.96. The number of amides is 1. The average Bonchev–Trinajstić information content (AvgIpc) is 2.84. The van der Waals surface area contributed by atoms with Gasteiger partial charge in [0.1, 0.15) is 5.75 Å². The van der Waals surface area contributed by atoms with E-state index in [2.05, 4.69) is 5.32 Å². The Morgan fingerprint density at radius 2 is 1.67 bits per heavy atom. The summed E-state index contributed by atoms with van der Waals surface area (Å²) >= 11 is 0. The quantitative estimate of drug-likeness (QED) is 0.484. The molecule has 174 valence electrons. The van der Waals surface area contributed by atoms with Crippen LogP contribution in [0, 0.1) is 6.92 Å². The number of aryl methyl sites for hydroxylation is 2. The van der Waals surface area contributed by atoms with Crippen molar-refractivity contribution in [2.45, 2.75) is 37.6 Å². The molecule has 1 N–H and O–H groups in total. The second-order valence-electron chi connectivity index (χ2n) is 7.84. The molecule has 3 aromatic carbocycles. The number of hydrogen-bond acceptors (Lipinski definition) is 4. The van der Waals surface area contributed by atoms with Crippen molar-refractivity contribution in [2.24, 2.45) is 0 Å². The van der Waals surface area contributed by atoms with Gasteiger partial charge < -0.3 is 10.1 Å². The Balaban J connectivity index is 1.94. The first-order chi connectivity index (χ1) is 15.8. The Hall–Kier alpha value is -3.16. The third-order valence-electron chi connectivity index (χ3n) is 5.74. The van der Waals surface area contributed by atoms with Crippen LogP contribution in [0.25, 0.3) is 0 Å². The van der Waals surface area contributed by atoms with E-state index in [0.29, 0.717) is 11.3 Å². The van der Waals surface area contributed by atoms with Crippen molar-refractivity contribution in [3.8, 4) is 5.75 Å². The molecule has 1 amide bonds. The largest absolute Gasteiger partial charge is 0.497 e. The third-order valence-corrected chi connectivity index (χ3v) is 7.62. The maximum Gasteiger partial charge on any atom is 0.243 e. The first-order valence-corrected chi connectivity index (χ1v) is 12.3. The van der Waals surface area contributed by atoms with Crippen molar-refractivity contribution in [1.82, 2.24) is 4.31 Å². The van der Waals surface area contributed by atoms with Crippen LogP contribution in [-0.2, 0) is 21.2 Å². The monoisotopic (exact) mass is 466 g/mol. The summed E-state index contributed by atoms with van der Waals surface area (Å²) in [4.78, 5) is 13.3. The number of methoxy groups -OCH3 is 1. The molecule has 0 bridgehead atoms. The lowest BCUT2D eigenvalue weighted by Gasteiger charge is -2.28. The van der Waals surface area contributed by atoms with Crippen LogP contribution in [0.4, 0.5) is 5.69 Å². The van der Waals surface area contributed by atoms with Crippen LogP contribution >= 0.6 is 0 Å². The molecule has 3 aromatic rings. The number of carbonyl (C=O) groups excluding carboxylic acids is 1. The van der Waals surface area contributed by atoms with Crippen LogP contribution in [0.3, 0.4) is 0 Å². The molecule has 3 rings (SSSR count). The molecule has 0 radical (unpaired) electrons. The minimum Gasteiger partial charge on any atom is -0.497 e. The van der Waals surface area contributed by atoms with Crippen molar-refractivity contribution < 1.29 is 17.9 Å². The van der Waals surface area contributed by atoms with E-state index in [-0.39, 0.29) is 17.2 Å². The fourth-order valence-corrected chi connectivity index (χ4v) is 5.14. The number of rotatable bonds is 9. The Morgan fingerprint density at radius 3 is 2.27 bits per heavy atom. The molecule has 1 atom stereocenters. The van der Waals surface area contributed by atoms with Crippen molar-refractivity contribution in [3.05, 3.63) is 89.5 Å². The van der Waals surface area contributed by atoms with E-state index >= 15 is 0 Å². The molecule has 0 aliphatic carbocycles. The highest BCUT2D eigenvalue weighted by Gasteiger charge is 2.31. The van der Waals surface area contributed by atoms with Gasteiger partial charge in [0.15, 0.2) is 0 Å². The number of ether oxygens (including phenoxy) is 1. The van der Waals surface area contributed by atoms with Crippen LogP contribution in [0.15, 0.2) is 77.7 Å². The highest BCUT2D eigenvalue weighted by atomic mass is 32.2. The SMILES string of the molecule is CCc1cccc(C)c1NC(=O)C[C@H](c1ccc(OC)cc1)N(C)S(=O)(=O)c1ccccc1. The summed E-state index contributed by atoms with van der Waals surface area (Å²) in [5.41, 5.74) is 3.49. The van der Waals surface area contributed by atoms with E-state index in [4.69, 9.17) is 4.74 Å². The smallest absolute Gasteiger partial charge is 0.243 e. The van der Waals surface area contributed by atoms with E-state index in [1.165, 1.54) is 11.4 Å². The number of para-hydroxylation sites is 1. The Bertz CT molecular complexity index is 1190. The topological polar surface area (TPSA) is 75.7 Å². The first-order valence-electron chi connectivity index (χ1n) is 10.8. The van der Waals surface area contributed by atoms with Gasteiger partial charge in [-0.1, -0.05) is 55.5 Å². The average molecular weight is 467 g/mol. The van der Waals surface area contributed by atoms with Gasteiger partial charge in [0.05, 0.1) is 18.0 Å². The van der Waals surface area contributed by atoms with Gasteiger partial charge in [-0.2, -0.15) is 4.31 Å². The lowest BCUT2D eigenvalue weighted by atomic mass is 10.0. The molecule has 0 aliphatic heterocycles. The van der Waals surface area contributed by atoms with Gasteiger partial charge in [-0.25, -0.2) is 8.42 Å². The molecule has 6 nitrogen and oxygen atoms in total. The van der Waals surface area contributed by atoms with Gasteiger partial charge >= 0.3 is 0 Å². The van der Waals surface area contributed by atoms with Crippen LogP contribution in [0.2, 0.25) is 0 Å². The molecule has 0 spiro atoms. The summed E-state index contributed by atoms with van der Waals surface area (Å²) in [7, 11) is -0.741. The zero-order chi connectivity index (χ0) is 24.0. The van der Waals surface area contributed by atoms with Gasteiger partial charge in [-0.3, -0.25) is 4.79 Å². The van der Waals surface area contributed by atoms with Crippen molar-refractivity contribution in [3.63, 3.8) is 0 Å². The molecule has 0 fully saturated rings. The molecule has 0 unspecified atom stereocenters. The summed E-state index contributed by atoms with van der Waals surface area (Å²) in [6.07, 6.45) is 0.744. The summed E-state index contributed by atoms with van der Waals surface area (Å²) < 4.78 is 33.2. The van der Waals surface area contributed by atoms with Crippen LogP contribution in [0.5, 0.6) is 5.75 Å². The minimum absolute atomic E-state index is 0.0353. The molecular formula is C26H30N2O4S. The van der Waals surface area contributed by atoms with Crippen molar-refractivity contribution >= 4 is 21.6 Å². The van der Waals surface area contributed by atoms with E-state index in [9.17, 15) is 13.2 Å². The highest BCUT2D eigenvalue weighted by Crippen LogP contribution is 2.31. The number of nitrogens with zero attached hydrogens (tertiary/aromatic N) is 1. The van der Waals surface area contributed by atoms with E-state index in [1.807, 2.05) is 32.0 Å². The third kappa shape index (κ3) is 5.61. The standard InChI is InChI=1S/C26H30N2O4S/c1-5-20-11-9-10-19(2)26(20)27-25(29)18-24(21-14-16-22(32-4)17-15-21)28(3)33(30,31)23-12-7-6-8-13-23/h6-17,24H,5,18H2,1-4H3,(H,27,29)/t24-/m1/s1. The minimum atomic E-state index is -3.82. The summed E-state index contributed by atoms with van der Waals surface area (Å²) in [5.74, 6) is 0.401. The number of benzene rings is 3. The maximum absolute atomic E-state index is 13.3. The molecule has 7 heteroatoms. The number of carbonyl (C=O) groups is 1. The van der Waals surface area contributed by atoms with E-state index < -0.39 is 16.1 Å². The summed E-state index contributed by atoms with van der Waals surface area (Å²) in [6.45, 7) is 3.98. The Kier molecular flexibility index (Phi) is 7.89. The lowest BCUT2D eigenvalue weighted by Crippen LogP contribution is -2.34. The zero-order valence-corrected chi connectivity index (χ0v) is 20.2. The van der Waals surface area contributed by atoms with Gasteiger partial charge in [0, 0.05) is 19.2 Å². The van der Waals surface area contributed by atoms with Crippen LogP contribution in [-0.4, -0.2) is 32.8 Å². The Labute approximate surface area is 196 Å². The summed E-state index contributed by atoms with van der Waals surface area (Å²) in [5, 5.41) is 3.01. The molecule has 0 saturated carbocycles. The van der Waals surface area contributed by atoms with Crippen LogP contribution < -0.4 is 10.1 Å². The highest BCUT2D eigenvalue weighted by molar-refractivity contribution is 7.89. The van der Waals surface area contributed by atoms with Crippen LogP contribution in [0.1, 0.15) is 36.1 Å². The number of nitrogens with one attached hydrogen (secondary N) is 1. The van der Waals surface area contributed by atoms with Crippen molar-refractivity contribution in [1.29, 1.82) is 0 Å². The normalized spacial score (nSPS) is 12.4. The van der Waals surface area contributed by atoms with Gasteiger partial charge in [-0.15, -0.1) is 0 Å². The van der Waals surface area contributed by atoms with Gasteiger partial charge in [0.2, 0.25) is 15.9 Å². The molecule has 0 aromatic heterocycles. The predicted molar refractivity (Wildman–Crippen MR) is 131 cm³/mol. The molecular weight excluding hydrogens is 436 g/mol. The fraction of sp³-hybridized carbons (Fsp3) is 0.269. The number of sulfonamides is 1. The summed E-state index contributed by atoms with van der Waals surface area (Å²) in [6, 6.07) is 20.5. The second kappa shape index (κ2) is 10.6. The molecule has 33 heavy (non-hydrogen) atoms. The second-order valence-corrected chi connectivity index (χ2v) is 9.84. The maximum atomic E-state index is 13.3. The molecule has 0 heterocycles. The van der Waals surface area contributed by atoms with Crippen molar-refractivity contribution in [2.75, 3.05) is 19.5 Å². The fourth-order valence-electron chi connectivity index (χ4n) is 3.78. The van der Waals surface area contributed by atoms with E-state index in [1.54, 1.807) is 61.7 Å². The van der Waals surface area contributed by atoms with Gasteiger partial charge in [-0.05, 0) is 54.3 Å². The van der Waals surface area contributed by atoms with E-state index in [0.717, 1.165) is 23.2 Å². The van der Waals surface area contributed by atoms with Gasteiger partial charge in [0.25, 0.3) is 0 Å². The zero-order valence-electron chi connectivity index (χ0n) is 19.4. The molecule has 0 saturated heterocycles. The first kappa shape index (κ1) is 24.5. The molecule has 0 aliphatic rings. The lowest BCUT2D eigenvalue weighted by molar-refractivity contribution is -0.117. The number of hydrogen-bond donors (Lipinski definition) is 1. The Morgan fingerprint density at radius 1 is 1.00 bits per heavy atom. The number of anilines is 1.